The van der Waals surface area contributed by atoms with Crippen LogP contribution in [-0.2, 0) is 26.2 Å². The summed E-state index contributed by atoms with van der Waals surface area (Å²) in [5.74, 6) is 0. The molecule has 0 atom stereocenters. The van der Waals surface area contributed by atoms with Gasteiger partial charge in [0.05, 0.1) is 0 Å². The first-order valence-corrected chi connectivity index (χ1v) is 10.2. The number of allylic oxidation sites excluding steroid dienone is 8. The summed E-state index contributed by atoms with van der Waals surface area (Å²) in [5.41, 5.74) is 3.48. The largest absolute Gasteiger partial charge is 2.00 e. The van der Waals surface area contributed by atoms with Crippen molar-refractivity contribution in [1.82, 2.24) is 0 Å². The van der Waals surface area contributed by atoms with Gasteiger partial charge in [-0.3, -0.25) is 12.2 Å². The molecule has 0 N–H and O–H groups in total. The van der Waals surface area contributed by atoms with Crippen molar-refractivity contribution in [3.05, 3.63) is 47.6 Å². The topological polar surface area (TPSA) is 0 Å². The molecule has 0 nitrogen and oxygen atoms in total. The average Bonchev–Trinajstić information content (AvgIpc) is 3.03. The first-order valence-electron chi connectivity index (χ1n) is 7.91. The summed E-state index contributed by atoms with van der Waals surface area (Å²) in [6.07, 6.45) is 17.0. The zero-order valence-electron chi connectivity index (χ0n) is 16.6. The zero-order chi connectivity index (χ0) is 16.5. The maximum atomic E-state index is 3.16. The molecule has 4 heteroatoms. The van der Waals surface area contributed by atoms with E-state index in [4.69, 9.17) is 0 Å². The predicted octanol–water partition coefficient (Wildman–Crippen LogP) is 6.80. The van der Waals surface area contributed by atoms with E-state index >= 15 is 0 Å². The minimum absolute atomic E-state index is 0. The van der Waals surface area contributed by atoms with Crippen LogP contribution in [0.1, 0.15) is 54.4 Å². The Bertz CT molecular complexity index is 382. The van der Waals surface area contributed by atoms with Crippen molar-refractivity contribution in [1.29, 1.82) is 0 Å². The number of hydrogen-bond acceptors (Lipinski definition) is 0. The maximum Gasteiger partial charge on any atom is 2.00 e. The first kappa shape index (κ1) is 32.3. The fourth-order valence-corrected chi connectivity index (χ4v) is 1.84. The molecule has 2 rings (SSSR count). The van der Waals surface area contributed by atoms with E-state index in [1.165, 1.54) is 11.1 Å². The van der Waals surface area contributed by atoms with E-state index in [9.17, 15) is 0 Å². The molecule has 0 aromatic heterocycles. The number of hydrogen-bond donors (Lipinski definition) is 0. The van der Waals surface area contributed by atoms with E-state index in [-0.39, 0.29) is 51.0 Å². The third kappa shape index (κ3) is 14.9. The van der Waals surface area contributed by atoms with Crippen LogP contribution >= 0.6 is 24.8 Å². The van der Waals surface area contributed by atoms with Crippen LogP contribution in [0.2, 0.25) is 13.1 Å². The van der Waals surface area contributed by atoms with E-state index < -0.39 is 0 Å². The first-order chi connectivity index (χ1) is 9.62. The number of rotatable bonds is 0. The van der Waals surface area contributed by atoms with Gasteiger partial charge in [-0.25, -0.2) is 12.2 Å². The summed E-state index contributed by atoms with van der Waals surface area (Å²) in [6.45, 7) is 17.8. The summed E-state index contributed by atoms with van der Waals surface area (Å²) >= 11 is 0. The maximum absolute atomic E-state index is 3.16. The van der Waals surface area contributed by atoms with Crippen LogP contribution in [-0.4, -0.2) is 9.52 Å². The molecule has 0 fully saturated rings. The molecule has 0 bridgehead atoms. The van der Waals surface area contributed by atoms with Gasteiger partial charge in [0.2, 0.25) is 0 Å². The van der Waals surface area contributed by atoms with Crippen LogP contribution in [0.4, 0.5) is 0 Å². The van der Waals surface area contributed by atoms with Gasteiger partial charge in [0.15, 0.2) is 0 Å². The van der Waals surface area contributed by atoms with Crippen LogP contribution in [0.3, 0.4) is 0 Å². The molecule has 24 heavy (non-hydrogen) atoms. The quantitative estimate of drug-likeness (QED) is 0.272. The van der Waals surface area contributed by atoms with Crippen molar-refractivity contribution in [3.63, 3.8) is 0 Å². The van der Waals surface area contributed by atoms with E-state index in [0.29, 0.717) is 10.8 Å². The van der Waals surface area contributed by atoms with Gasteiger partial charge >= 0.3 is 26.2 Å². The van der Waals surface area contributed by atoms with Crippen molar-refractivity contribution in [2.45, 2.75) is 67.5 Å². The molecular formula is C20H35Cl2SiZr. The standard InChI is InChI=1S/2C9H13.C2H7Si.2ClH.Zr/c2*1-9(2,3)8-6-4-5-7-8;1-3-2;;;/h2*6-7H,4H2,1-3H3;3H,1-2H3;2*1H;/q2*-1;;;;+2. The predicted molar refractivity (Wildman–Crippen MR) is 113 cm³/mol. The molecule has 0 aromatic rings. The molecule has 2 aliphatic carbocycles. The molecule has 1 radical (unpaired) electrons. The Morgan fingerprint density at radius 3 is 1.08 bits per heavy atom. The molecule has 0 unspecified atom stereocenters. The monoisotopic (exact) mass is 463 g/mol. The van der Waals surface area contributed by atoms with Gasteiger partial charge in [-0.15, -0.1) is 37.7 Å². The Labute approximate surface area is 185 Å². The van der Waals surface area contributed by atoms with Gasteiger partial charge in [0.1, 0.15) is 0 Å². The van der Waals surface area contributed by atoms with Crippen LogP contribution in [0.5, 0.6) is 0 Å². The van der Waals surface area contributed by atoms with Gasteiger partial charge in [0.25, 0.3) is 0 Å². The fraction of sp³-hybridized carbons (Fsp3) is 0.600. The molecule has 0 spiro atoms. The van der Waals surface area contributed by atoms with Gasteiger partial charge in [-0.05, 0) is 0 Å². The van der Waals surface area contributed by atoms with Crippen molar-refractivity contribution < 1.29 is 26.2 Å². The third-order valence-electron chi connectivity index (χ3n) is 3.13. The SMILES string of the molecule is CC(C)(C)C1=CC[C-]=C1.CC(C)(C)C1=CC[C-]=C1.C[SiH]C.Cl.Cl.[Zr+2]. The Morgan fingerprint density at radius 1 is 0.750 bits per heavy atom. The molecule has 0 saturated carbocycles. The second-order valence-corrected chi connectivity index (χ2v) is 8.66. The third-order valence-corrected chi connectivity index (χ3v) is 3.13. The van der Waals surface area contributed by atoms with Crippen LogP contribution in [0.25, 0.3) is 0 Å². The minimum atomic E-state index is 0. The molecule has 137 valence electrons. The summed E-state index contributed by atoms with van der Waals surface area (Å²) in [5, 5.41) is 0. The van der Waals surface area contributed by atoms with Crippen molar-refractivity contribution >= 4 is 34.3 Å². The smallest absolute Gasteiger partial charge is 0.273 e. The second kappa shape index (κ2) is 15.9. The van der Waals surface area contributed by atoms with Crippen LogP contribution < -0.4 is 0 Å². The zero-order valence-corrected chi connectivity index (χ0v) is 21.9. The van der Waals surface area contributed by atoms with E-state index in [1.54, 1.807) is 0 Å². The molecule has 0 amide bonds. The summed E-state index contributed by atoms with van der Waals surface area (Å²) in [6, 6.07) is 0. The fourth-order valence-electron chi connectivity index (χ4n) is 1.84. The van der Waals surface area contributed by atoms with Gasteiger partial charge in [-0.1, -0.05) is 65.5 Å². The van der Waals surface area contributed by atoms with Crippen molar-refractivity contribution in [2.75, 3.05) is 0 Å². The van der Waals surface area contributed by atoms with E-state index in [2.05, 4.69) is 91.1 Å². The Kier molecular flexibility index (Phi) is 21.4. The van der Waals surface area contributed by atoms with Crippen LogP contribution in [0.15, 0.2) is 35.5 Å². The molecule has 0 saturated heterocycles. The van der Waals surface area contributed by atoms with Crippen LogP contribution in [0, 0.1) is 23.0 Å². The average molecular weight is 466 g/mol. The van der Waals surface area contributed by atoms with E-state index in [0.717, 1.165) is 22.4 Å². The van der Waals surface area contributed by atoms with Crippen molar-refractivity contribution in [3.8, 4) is 0 Å². The molecule has 0 heterocycles. The molecular weight excluding hydrogens is 430 g/mol. The Balaban J connectivity index is -0.000000130. The summed E-state index contributed by atoms with van der Waals surface area (Å²) in [7, 11) is 0.750. The van der Waals surface area contributed by atoms with Gasteiger partial charge in [0, 0.05) is 9.52 Å². The van der Waals surface area contributed by atoms with Crippen molar-refractivity contribution in [2.24, 2.45) is 10.8 Å². The molecule has 0 aromatic carbocycles. The second-order valence-electron chi connectivity index (χ2n) is 7.50. The normalized spacial score (nSPS) is 14.5. The Hall–Kier alpha value is 0.640. The summed E-state index contributed by atoms with van der Waals surface area (Å²) < 4.78 is 0. The molecule has 0 aliphatic heterocycles. The van der Waals surface area contributed by atoms with E-state index in [1.807, 2.05) is 0 Å². The summed E-state index contributed by atoms with van der Waals surface area (Å²) in [4.78, 5) is 0. The Morgan fingerprint density at radius 2 is 1.00 bits per heavy atom. The van der Waals surface area contributed by atoms with Gasteiger partial charge < -0.3 is 0 Å². The van der Waals surface area contributed by atoms with Gasteiger partial charge in [-0.2, -0.15) is 23.3 Å². The number of halogens is 2. The molecule has 2 aliphatic rings. The minimum Gasteiger partial charge on any atom is -0.273 e.